The van der Waals surface area contributed by atoms with Crippen molar-refractivity contribution < 1.29 is 5.11 Å². The summed E-state index contributed by atoms with van der Waals surface area (Å²) in [5.41, 5.74) is 2.15. The van der Waals surface area contributed by atoms with Crippen molar-refractivity contribution in [3.63, 3.8) is 0 Å². The van der Waals surface area contributed by atoms with E-state index in [9.17, 15) is 5.11 Å². The molecule has 0 aliphatic heterocycles. The Morgan fingerprint density at radius 2 is 1.94 bits per heavy atom. The molecule has 0 bridgehead atoms. The van der Waals surface area contributed by atoms with Crippen LogP contribution in [0.5, 0.6) is 0 Å². The van der Waals surface area contributed by atoms with E-state index in [1.54, 1.807) is 0 Å². The molecule has 0 aliphatic rings. The zero-order valence-corrected chi connectivity index (χ0v) is 10.5. The molecule has 1 atom stereocenters. The van der Waals surface area contributed by atoms with Gasteiger partial charge < -0.3 is 5.11 Å². The third-order valence-corrected chi connectivity index (χ3v) is 2.76. The van der Waals surface area contributed by atoms with E-state index in [4.69, 9.17) is 11.6 Å². The van der Waals surface area contributed by atoms with E-state index in [1.807, 2.05) is 43.3 Å². The molecule has 0 saturated heterocycles. The average molecular weight is 239 g/mol. The fourth-order valence-corrected chi connectivity index (χ4v) is 1.65. The highest BCUT2D eigenvalue weighted by Crippen LogP contribution is 2.15. The van der Waals surface area contributed by atoms with Gasteiger partial charge in [0.2, 0.25) is 0 Å². The molecule has 0 aromatic heterocycles. The van der Waals surface area contributed by atoms with Gasteiger partial charge in [-0.15, -0.1) is 11.6 Å². The first kappa shape index (κ1) is 13.3. The van der Waals surface area contributed by atoms with Gasteiger partial charge >= 0.3 is 0 Å². The van der Waals surface area contributed by atoms with E-state index in [2.05, 4.69) is 0 Å². The number of allylic oxidation sites excluding steroid dienone is 1. The van der Waals surface area contributed by atoms with E-state index in [0.29, 0.717) is 5.88 Å². The second kappa shape index (κ2) is 7.48. The summed E-state index contributed by atoms with van der Waals surface area (Å²) >= 11 is 5.58. The topological polar surface area (TPSA) is 20.2 Å². The lowest BCUT2D eigenvalue weighted by Gasteiger charge is -2.05. The second-order valence-electron chi connectivity index (χ2n) is 3.97. The Morgan fingerprint density at radius 3 is 2.56 bits per heavy atom. The van der Waals surface area contributed by atoms with Crippen molar-refractivity contribution in [1.82, 2.24) is 0 Å². The summed E-state index contributed by atoms with van der Waals surface area (Å²) in [4.78, 5) is 0. The lowest BCUT2D eigenvalue weighted by atomic mass is 10.1. The average Bonchev–Trinajstić information content (AvgIpc) is 2.29. The molecule has 1 aromatic carbocycles. The summed E-state index contributed by atoms with van der Waals surface area (Å²) in [6, 6.07) is 7.95. The maximum Gasteiger partial charge on any atom is 0.0971 e. The molecule has 1 aromatic rings. The number of unbranched alkanes of at least 4 members (excludes halogenated alkanes) is 2. The van der Waals surface area contributed by atoms with Gasteiger partial charge in [-0.2, -0.15) is 0 Å². The molecule has 1 unspecified atom stereocenters. The Labute approximate surface area is 103 Å². The largest absolute Gasteiger partial charge is 0.384 e. The summed E-state index contributed by atoms with van der Waals surface area (Å²) in [6.07, 6.45) is 6.48. The van der Waals surface area contributed by atoms with Crippen LogP contribution in [0.1, 0.15) is 36.5 Å². The molecule has 0 heterocycles. The maximum absolute atomic E-state index is 9.86. The SMILES string of the molecule is Cc1ccc(C(O)/C=C\CCCCCl)cc1. The zero-order chi connectivity index (χ0) is 11.8. The molecule has 1 nitrogen and oxygen atoms in total. The van der Waals surface area contributed by atoms with Crippen LogP contribution in [-0.2, 0) is 0 Å². The number of aliphatic hydroxyl groups excluding tert-OH is 1. The second-order valence-corrected chi connectivity index (χ2v) is 4.35. The Morgan fingerprint density at radius 1 is 1.25 bits per heavy atom. The summed E-state index contributed by atoms with van der Waals surface area (Å²) in [5.74, 6) is 0.717. The molecule has 0 amide bonds. The van der Waals surface area contributed by atoms with Gasteiger partial charge in [0.25, 0.3) is 0 Å². The third kappa shape index (κ3) is 4.82. The van der Waals surface area contributed by atoms with Gasteiger partial charge in [0, 0.05) is 5.88 Å². The minimum Gasteiger partial charge on any atom is -0.384 e. The van der Waals surface area contributed by atoms with E-state index in [-0.39, 0.29) is 0 Å². The minimum atomic E-state index is -0.489. The Kier molecular flexibility index (Phi) is 6.20. The van der Waals surface area contributed by atoms with Crippen LogP contribution in [0.2, 0.25) is 0 Å². The fourth-order valence-electron chi connectivity index (χ4n) is 1.46. The number of aliphatic hydroxyl groups is 1. The van der Waals surface area contributed by atoms with Crippen molar-refractivity contribution >= 4 is 11.6 Å². The molecular formula is C14H19ClO. The van der Waals surface area contributed by atoms with Gasteiger partial charge in [0.15, 0.2) is 0 Å². The van der Waals surface area contributed by atoms with Crippen LogP contribution < -0.4 is 0 Å². The number of alkyl halides is 1. The molecule has 0 spiro atoms. The predicted octanol–water partition coefficient (Wildman–Crippen LogP) is 3.99. The van der Waals surface area contributed by atoms with E-state index in [1.165, 1.54) is 5.56 Å². The van der Waals surface area contributed by atoms with Crippen LogP contribution in [0.3, 0.4) is 0 Å². The van der Waals surface area contributed by atoms with Gasteiger partial charge in [-0.1, -0.05) is 42.0 Å². The molecule has 0 aliphatic carbocycles. The van der Waals surface area contributed by atoms with Crippen LogP contribution in [0.25, 0.3) is 0 Å². The molecule has 0 fully saturated rings. The van der Waals surface area contributed by atoms with Gasteiger partial charge in [0.05, 0.1) is 6.10 Å². The van der Waals surface area contributed by atoms with Crippen molar-refractivity contribution in [2.45, 2.75) is 32.3 Å². The number of benzene rings is 1. The quantitative estimate of drug-likeness (QED) is 0.451. The molecule has 88 valence electrons. The van der Waals surface area contributed by atoms with Crippen molar-refractivity contribution in [2.24, 2.45) is 0 Å². The van der Waals surface area contributed by atoms with Crippen LogP contribution in [0.15, 0.2) is 36.4 Å². The highest BCUT2D eigenvalue weighted by molar-refractivity contribution is 6.17. The van der Waals surface area contributed by atoms with Crippen LogP contribution in [0.4, 0.5) is 0 Å². The number of rotatable bonds is 6. The number of hydrogen-bond acceptors (Lipinski definition) is 1. The summed E-state index contributed by atoms with van der Waals surface area (Å²) in [6.45, 7) is 2.04. The maximum atomic E-state index is 9.86. The first-order chi connectivity index (χ1) is 7.74. The number of hydrogen-bond donors (Lipinski definition) is 1. The van der Waals surface area contributed by atoms with Crippen molar-refractivity contribution in [3.05, 3.63) is 47.5 Å². The number of aryl methyl sites for hydroxylation is 1. The highest BCUT2D eigenvalue weighted by Gasteiger charge is 2.01. The monoisotopic (exact) mass is 238 g/mol. The van der Waals surface area contributed by atoms with Crippen LogP contribution in [0, 0.1) is 6.92 Å². The highest BCUT2D eigenvalue weighted by atomic mass is 35.5. The molecule has 16 heavy (non-hydrogen) atoms. The zero-order valence-electron chi connectivity index (χ0n) is 9.70. The standard InChI is InChI=1S/C14H19ClO/c1-12-7-9-13(10-8-12)14(16)6-4-2-3-5-11-15/h4,6-10,14,16H,2-3,5,11H2,1H3/b6-4-. The van der Waals surface area contributed by atoms with E-state index < -0.39 is 6.10 Å². The molecule has 1 rings (SSSR count). The molecular weight excluding hydrogens is 220 g/mol. The van der Waals surface area contributed by atoms with Gasteiger partial charge in [-0.3, -0.25) is 0 Å². The third-order valence-electron chi connectivity index (χ3n) is 2.49. The number of halogens is 1. The lowest BCUT2D eigenvalue weighted by Crippen LogP contribution is -1.92. The van der Waals surface area contributed by atoms with E-state index in [0.717, 1.165) is 24.8 Å². The fraction of sp³-hybridized carbons (Fsp3) is 0.429. The first-order valence-corrected chi connectivity index (χ1v) is 6.24. The normalized spacial score (nSPS) is 13.2. The van der Waals surface area contributed by atoms with Gasteiger partial charge in [-0.25, -0.2) is 0 Å². The minimum absolute atomic E-state index is 0.489. The Hall–Kier alpha value is -0.790. The van der Waals surface area contributed by atoms with Gasteiger partial charge in [-0.05, 0) is 31.7 Å². The summed E-state index contributed by atoms with van der Waals surface area (Å²) < 4.78 is 0. The Balaban J connectivity index is 2.39. The van der Waals surface area contributed by atoms with Crippen molar-refractivity contribution in [1.29, 1.82) is 0 Å². The van der Waals surface area contributed by atoms with E-state index >= 15 is 0 Å². The van der Waals surface area contributed by atoms with Crippen LogP contribution >= 0.6 is 11.6 Å². The molecule has 0 radical (unpaired) electrons. The van der Waals surface area contributed by atoms with Crippen molar-refractivity contribution in [3.8, 4) is 0 Å². The molecule has 1 N–H and O–H groups in total. The van der Waals surface area contributed by atoms with Crippen LogP contribution in [-0.4, -0.2) is 11.0 Å². The first-order valence-electron chi connectivity index (χ1n) is 5.71. The predicted molar refractivity (Wildman–Crippen MR) is 69.8 cm³/mol. The lowest BCUT2D eigenvalue weighted by molar-refractivity contribution is 0.228. The molecule has 2 heteroatoms. The summed E-state index contributed by atoms with van der Waals surface area (Å²) in [5, 5.41) is 9.86. The molecule has 0 saturated carbocycles. The summed E-state index contributed by atoms with van der Waals surface area (Å²) in [7, 11) is 0. The van der Waals surface area contributed by atoms with Crippen molar-refractivity contribution in [2.75, 3.05) is 5.88 Å². The smallest absolute Gasteiger partial charge is 0.0971 e. The Bertz CT molecular complexity index is 316. The van der Waals surface area contributed by atoms with Gasteiger partial charge in [0.1, 0.15) is 0 Å².